The maximum Gasteiger partial charge on any atom is 0.236 e. The number of nitrogens with zero attached hydrogens (tertiary/aromatic N) is 2. The van der Waals surface area contributed by atoms with Crippen LogP contribution in [-0.2, 0) is 4.79 Å². The predicted molar refractivity (Wildman–Crippen MR) is 97.1 cm³/mol. The van der Waals surface area contributed by atoms with E-state index in [1.54, 1.807) is 36.1 Å². The number of piperidine rings is 1. The lowest BCUT2D eigenvalue weighted by Crippen LogP contribution is -2.66. The van der Waals surface area contributed by atoms with Crippen LogP contribution in [0.4, 0.5) is 10.1 Å². The molecular weight excluding hydrogens is 329 g/mol. The molecule has 2 heterocycles. The predicted octanol–water partition coefficient (Wildman–Crippen LogP) is 3.46. The minimum absolute atomic E-state index is 0.0882. The van der Waals surface area contributed by atoms with Crippen molar-refractivity contribution in [1.82, 2.24) is 5.32 Å². The Morgan fingerprint density at radius 2 is 1.88 bits per heavy atom. The zero-order valence-corrected chi connectivity index (χ0v) is 14.6. The highest BCUT2D eigenvalue weighted by molar-refractivity contribution is 6.06. The molecule has 4 rings (SSSR count). The molecule has 2 aliphatic rings. The number of halogens is 1. The van der Waals surface area contributed by atoms with Crippen molar-refractivity contribution in [3.8, 4) is 6.07 Å². The second-order valence-electron chi connectivity index (χ2n) is 7.15. The number of benzene rings is 2. The summed E-state index contributed by atoms with van der Waals surface area (Å²) < 4.78 is 13.7. The van der Waals surface area contributed by atoms with Gasteiger partial charge in [0.2, 0.25) is 5.91 Å². The van der Waals surface area contributed by atoms with E-state index in [9.17, 15) is 9.18 Å². The Labute approximate surface area is 152 Å². The fourth-order valence-electron chi connectivity index (χ4n) is 4.27. The van der Waals surface area contributed by atoms with Gasteiger partial charge in [-0.1, -0.05) is 12.1 Å². The average molecular weight is 349 g/mol. The lowest BCUT2D eigenvalue weighted by molar-refractivity contribution is -0.142. The third-order valence-corrected chi connectivity index (χ3v) is 5.70. The first-order valence-electron chi connectivity index (χ1n) is 8.87. The Balaban J connectivity index is 1.78. The molecule has 1 amide bonds. The van der Waals surface area contributed by atoms with E-state index >= 15 is 0 Å². The van der Waals surface area contributed by atoms with E-state index in [-0.39, 0.29) is 17.8 Å². The number of nitriles is 1. The zero-order chi connectivity index (χ0) is 18.3. The molecule has 0 saturated carbocycles. The first kappa shape index (κ1) is 16.7. The fraction of sp³-hybridized carbons (Fsp3) is 0.333. The van der Waals surface area contributed by atoms with Crippen LogP contribution in [0.5, 0.6) is 0 Å². The fourth-order valence-corrected chi connectivity index (χ4v) is 4.27. The van der Waals surface area contributed by atoms with E-state index < -0.39 is 5.41 Å². The van der Waals surface area contributed by atoms with E-state index in [2.05, 4.69) is 11.4 Å². The molecule has 1 spiro atoms. The van der Waals surface area contributed by atoms with Crippen molar-refractivity contribution in [3.05, 3.63) is 65.0 Å². The standard InChI is InChI=1S/C21H20FN3O/c1-14-12-17(6-7-18(14)22)25-19(16-4-2-15(13-23)3-5-16)21(20(25)26)8-10-24-11-9-21/h2-7,12,19,24H,8-11H2,1H3. The van der Waals surface area contributed by atoms with Gasteiger partial charge in [-0.05, 0) is 74.3 Å². The number of nitrogens with one attached hydrogen (secondary N) is 1. The molecule has 2 aromatic rings. The van der Waals surface area contributed by atoms with E-state index in [0.717, 1.165) is 37.2 Å². The molecule has 1 atom stereocenters. The molecule has 0 aromatic heterocycles. The highest BCUT2D eigenvalue weighted by Gasteiger charge is 2.61. The van der Waals surface area contributed by atoms with Crippen LogP contribution in [0.3, 0.4) is 0 Å². The van der Waals surface area contributed by atoms with Gasteiger partial charge in [0.15, 0.2) is 0 Å². The first-order chi connectivity index (χ1) is 12.6. The molecule has 2 aromatic carbocycles. The Kier molecular flexibility index (Phi) is 4.01. The van der Waals surface area contributed by atoms with Gasteiger partial charge in [0, 0.05) is 5.69 Å². The summed E-state index contributed by atoms with van der Waals surface area (Å²) >= 11 is 0. The van der Waals surface area contributed by atoms with Crippen LogP contribution in [0.15, 0.2) is 42.5 Å². The van der Waals surface area contributed by atoms with Crippen molar-refractivity contribution in [1.29, 1.82) is 5.26 Å². The summed E-state index contributed by atoms with van der Waals surface area (Å²) in [5.74, 6) is -0.160. The van der Waals surface area contributed by atoms with Crippen molar-refractivity contribution in [2.45, 2.75) is 25.8 Å². The Morgan fingerprint density at radius 3 is 2.50 bits per heavy atom. The summed E-state index contributed by atoms with van der Waals surface area (Å²) in [4.78, 5) is 15.0. The summed E-state index contributed by atoms with van der Waals surface area (Å²) in [6.45, 7) is 3.34. The second-order valence-corrected chi connectivity index (χ2v) is 7.15. The maximum absolute atomic E-state index is 13.7. The molecule has 2 aliphatic heterocycles. The van der Waals surface area contributed by atoms with Crippen molar-refractivity contribution in [2.75, 3.05) is 18.0 Å². The third kappa shape index (κ3) is 2.41. The summed E-state index contributed by atoms with van der Waals surface area (Å²) in [6, 6.07) is 14.3. The van der Waals surface area contributed by atoms with Gasteiger partial charge in [0.05, 0.1) is 23.1 Å². The number of amides is 1. The highest BCUT2D eigenvalue weighted by atomic mass is 19.1. The van der Waals surface area contributed by atoms with Crippen LogP contribution in [0.25, 0.3) is 0 Å². The maximum atomic E-state index is 13.7. The van der Waals surface area contributed by atoms with Gasteiger partial charge in [-0.3, -0.25) is 4.79 Å². The number of carbonyl (C=O) groups is 1. The lowest BCUT2D eigenvalue weighted by Gasteiger charge is -2.58. The second kappa shape index (κ2) is 6.22. The molecule has 4 nitrogen and oxygen atoms in total. The molecule has 1 unspecified atom stereocenters. The van der Waals surface area contributed by atoms with Crippen LogP contribution < -0.4 is 10.2 Å². The highest BCUT2D eigenvalue weighted by Crippen LogP contribution is 2.56. The number of anilines is 1. The summed E-state index contributed by atoms with van der Waals surface area (Å²) in [5, 5.41) is 12.4. The first-order valence-corrected chi connectivity index (χ1v) is 8.87. The van der Waals surface area contributed by atoms with Crippen molar-refractivity contribution in [2.24, 2.45) is 5.41 Å². The Bertz CT molecular complexity index is 894. The minimum atomic E-state index is -0.415. The van der Waals surface area contributed by atoms with Gasteiger partial charge in [-0.2, -0.15) is 5.26 Å². The smallest absolute Gasteiger partial charge is 0.236 e. The molecule has 1 N–H and O–H groups in total. The van der Waals surface area contributed by atoms with E-state index in [4.69, 9.17) is 5.26 Å². The molecule has 2 fully saturated rings. The van der Waals surface area contributed by atoms with E-state index in [0.29, 0.717) is 11.1 Å². The number of rotatable bonds is 2. The molecule has 5 heteroatoms. The van der Waals surface area contributed by atoms with Crippen molar-refractivity contribution >= 4 is 11.6 Å². The van der Waals surface area contributed by atoms with E-state index in [1.165, 1.54) is 6.07 Å². The lowest BCUT2D eigenvalue weighted by atomic mass is 9.62. The average Bonchev–Trinajstić information content (AvgIpc) is 2.68. The molecule has 0 bridgehead atoms. The summed E-state index contributed by atoms with van der Waals surface area (Å²) in [6.07, 6.45) is 1.57. The molecule has 132 valence electrons. The summed E-state index contributed by atoms with van der Waals surface area (Å²) in [7, 11) is 0. The number of β-lactam (4-membered cyclic amide) rings is 1. The van der Waals surface area contributed by atoms with Crippen LogP contribution in [0.2, 0.25) is 0 Å². The van der Waals surface area contributed by atoms with Gasteiger partial charge in [0.25, 0.3) is 0 Å². The normalized spacial score (nSPS) is 21.3. The number of aryl methyl sites for hydroxylation is 1. The van der Waals surface area contributed by atoms with Crippen LogP contribution in [0, 0.1) is 29.5 Å². The molecule has 2 saturated heterocycles. The number of carbonyl (C=O) groups excluding carboxylic acids is 1. The van der Waals surface area contributed by atoms with Gasteiger partial charge in [-0.25, -0.2) is 4.39 Å². The van der Waals surface area contributed by atoms with Crippen LogP contribution >= 0.6 is 0 Å². The molecular formula is C21H20FN3O. The van der Waals surface area contributed by atoms with Gasteiger partial charge in [-0.15, -0.1) is 0 Å². The van der Waals surface area contributed by atoms with Gasteiger partial charge < -0.3 is 10.2 Å². The third-order valence-electron chi connectivity index (χ3n) is 5.70. The largest absolute Gasteiger partial charge is 0.317 e. The topological polar surface area (TPSA) is 56.1 Å². The Hall–Kier alpha value is -2.71. The van der Waals surface area contributed by atoms with Crippen LogP contribution in [0.1, 0.15) is 35.6 Å². The minimum Gasteiger partial charge on any atom is -0.317 e. The molecule has 0 aliphatic carbocycles. The Morgan fingerprint density at radius 1 is 1.19 bits per heavy atom. The number of hydrogen-bond donors (Lipinski definition) is 1. The SMILES string of the molecule is Cc1cc(N2C(=O)C3(CCNCC3)C2c2ccc(C#N)cc2)ccc1F. The quantitative estimate of drug-likeness (QED) is 0.845. The van der Waals surface area contributed by atoms with Gasteiger partial charge in [0.1, 0.15) is 5.82 Å². The van der Waals surface area contributed by atoms with Crippen molar-refractivity contribution < 1.29 is 9.18 Å². The zero-order valence-electron chi connectivity index (χ0n) is 14.6. The monoisotopic (exact) mass is 349 g/mol. The van der Waals surface area contributed by atoms with Gasteiger partial charge >= 0.3 is 0 Å². The van der Waals surface area contributed by atoms with E-state index in [1.807, 2.05) is 12.1 Å². The molecule has 26 heavy (non-hydrogen) atoms. The van der Waals surface area contributed by atoms with Crippen LogP contribution in [-0.4, -0.2) is 19.0 Å². The summed E-state index contributed by atoms with van der Waals surface area (Å²) in [5.41, 5.74) is 2.46. The molecule has 0 radical (unpaired) electrons. The number of hydrogen-bond acceptors (Lipinski definition) is 3. The van der Waals surface area contributed by atoms with Crippen molar-refractivity contribution in [3.63, 3.8) is 0 Å².